The minimum Gasteiger partial charge on any atom is -0.490 e. The van der Waals surface area contributed by atoms with E-state index in [1.54, 1.807) is 18.3 Å². The number of carboxylic acid groups (broad SMARTS) is 1. The number of nitrogens with one attached hydrogen (secondary N) is 1. The van der Waals surface area contributed by atoms with E-state index >= 15 is 0 Å². The lowest BCUT2D eigenvalue weighted by molar-refractivity contribution is 0.0697. The Bertz CT molecular complexity index is 819. The summed E-state index contributed by atoms with van der Waals surface area (Å²) in [5.74, 6) is 0.509. The van der Waals surface area contributed by atoms with Gasteiger partial charge in [-0.3, -0.25) is 5.43 Å². The third-order valence-corrected chi connectivity index (χ3v) is 4.81. The zero-order chi connectivity index (χ0) is 22.3. The number of unbranched alkanes of at least 4 members (excludes halogenated alkanes) is 6. The van der Waals surface area contributed by atoms with Crippen LogP contribution < -0.4 is 14.9 Å². The van der Waals surface area contributed by atoms with Crippen LogP contribution in [0.1, 0.15) is 74.7 Å². The third-order valence-electron chi connectivity index (χ3n) is 4.81. The first-order chi connectivity index (χ1) is 15.1. The monoisotopic (exact) mass is 426 g/mol. The molecule has 2 N–H and O–H groups in total. The number of anilines is 1. The lowest BCUT2D eigenvalue weighted by atomic mass is 10.1. The molecule has 6 heteroatoms. The molecule has 0 radical (unpaired) electrons. The Morgan fingerprint density at radius 3 is 2.32 bits per heavy atom. The molecule has 0 aliphatic rings. The highest BCUT2D eigenvalue weighted by molar-refractivity contribution is 5.88. The summed E-state index contributed by atoms with van der Waals surface area (Å²) in [5.41, 5.74) is 4.72. The summed E-state index contributed by atoms with van der Waals surface area (Å²) >= 11 is 0. The van der Waals surface area contributed by atoms with E-state index in [0.29, 0.717) is 24.7 Å². The number of hydrazone groups is 1. The molecule has 0 aliphatic heterocycles. The van der Waals surface area contributed by atoms with Gasteiger partial charge in [-0.25, -0.2) is 4.79 Å². The minimum absolute atomic E-state index is 0.239. The average molecular weight is 427 g/mol. The number of carbonyl (C=O) groups is 1. The number of hydrogen-bond donors (Lipinski definition) is 2. The quantitative estimate of drug-likeness (QED) is 0.197. The second-order valence-electron chi connectivity index (χ2n) is 7.36. The predicted molar refractivity (Wildman–Crippen MR) is 126 cm³/mol. The molecule has 0 saturated carbocycles. The maximum Gasteiger partial charge on any atom is 0.335 e. The lowest BCUT2D eigenvalue weighted by Gasteiger charge is -2.12. The van der Waals surface area contributed by atoms with Gasteiger partial charge in [-0.05, 0) is 61.4 Å². The SMILES string of the molecule is CCCCCCCCCOc1ccc(C=NNc2ccc(C(=O)O)cc2)cc1OCC. The standard InChI is InChI=1S/C25H34N2O4/c1-3-5-6-7-8-9-10-17-31-23-16-11-20(18-24(23)30-4-2)19-26-27-22-14-12-21(13-15-22)25(28)29/h11-16,18-19,27H,3-10,17H2,1-2H3,(H,28,29). The van der Waals surface area contributed by atoms with Gasteiger partial charge in [-0.15, -0.1) is 0 Å². The van der Waals surface area contributed by atoms with Gasteiger partial charge in [0, 0.05) is 0 Å². The first-order valence-corrected chi connectivity index (χ1v) is 11.2. The minimum atomic E-state index is -0.951. The molecule has 0 bridgehead atoms. The summed E-state index contributed by atoms with van der Waals surface area (Å²) in [6, 6.07) is 12.2. The second kappa shape index (κ2) is 14.1. The molecule has 0 unspecified atom stereocenters. The van der Waals surface area contributed by atoms with Gasteiger partial charge in [0.25, 0.3) is 0 Å². The molecule has 2 aromatic carbocycles. The molecule has 6 nitrogen and oxygen atoms in total. The van der Waals surface area contributed by atoms with Crippen LogP contribution in [0.5, 0.6) is 11.5 Å². The van der Waals surface area contributed by atoms with Gasteiger partial charge < -0.3 is 14.6 Å². The van der Waals surface area contributed by atoms with Crippen molar-refractivity contribution in [1.29, 1.82) is 0 Å². The topological polar surface area (TPSA) is 80.2 Å². The van der Waals surface area contributed by atoms with Crippen molar-refractivity contribution in [3.63, 3.8) is 0 Å². The number of rotatable bonds is 15. The van der Waals surface area contributed by atoms with Crippen molar-refractivity contribution in [1.82, 2.24) is 0 Å². The Morgan fingerprint density at radius 1 is 0.935 bits per heavy atom. The van der Waals surface area contributed by atoms with E-state index in [9.17, 15) is 4.79 Å². The summed E-state index contributed by atoms with van der Waals surface area (Å²) < 4.78 is 11.7. The number of benzene rings is 2. The van der Waals surface area contributed by atoms with Crippen LogP contribution in [0.25, 0.3) is 0 Å². The fourth-order valence-electron chi connectivity index (χ4n) is 3.10. The summed E-state index contributed by atoms with van der Waals surface area (Å²) in [4.78, 5) is 10.9. The number of hydrogen-bond acceptors (Lipinski definition) is 5. The Balaban J connectivity index is 1.84. The zero-order valence-electron chi connectivity index (χ0n) is 18.6. The van der Waals surface area contributed by atoms with Crippen LogP contribution in [0.4, 0.5) is 5.69 Å². The number of nitrogens with zero attached hydrogens (tertiary/aromatic N) is 1. The molecule has 2 rings (SSSR count). The Morgan fingerprint density at radius 2 is 1.65 bits per heavy atom. The van der Waals surface area contributed by atoms with E-state index in [1.807, 2.05) is 25.1 Å². The molecule has 0 aliphatic carbocycles. The van der Waals surface area contributed by atoms with Crippen molar-refractivity contribution in [2.45, 2.75) is 58.8 Å². The van der Waals surface area contributed by atoms with Crippen LogP contribution in [0.3, 0.4) is 0 Å². The molecule has 0 spiro atoms. The van der Waals surface area contributed by atoms with Crippen molar-refractivity contribution >= 4 is 17.9 Å². The summed E-state index contributed by atoms with van der Waals surface area (Å²) in [5, 5.41) is 13.2. The van der Waals surface area contributed by atoms with E-state index < -0.39 is 5.97 Å². The number of ether oxygens (including phenoxy) is 2. The van der Waals surface area contributed by atoms with Gasteiger partial charge in [0.15, 0.2) is 11.5 Å². The third kappa shape index (κ3) is 9.11. The van der Waals surface area contributed by atoms with Crippen LogP contribution in [0, 0.1) is 0 Å². The maximum absolute atomic E-state index is 10.9. The van der Waals surface area contributed by atoms with Crippen molar-refractivity contribution in [2.24, 2.45) is 5.10 Å². The lowest BCUT2D eigenvalue weighted by Crippen LogP contribution is -2.02. The van der Waals surface area contributed by atoms with Gasteiger partial charge in [0.2, 0.25) is 0 Å². The van der Waals surface area contributed by atoms with Crippen molar-refractivity contribution in [2.75, 3.05) is 18.6 Å². The molecule has 0 atom stereocenters. The summed E-state index contributed by atoms with van der Waals surface area (Å²) in [6.45, 7) is 5.43. The number of aromatic carboxylic acids is 1. The maximum atomic E-state index is 10.9. The Hall–Kier alpha value is -3.02. The van der Waals surface area contributed by atoms with Crippen LogP contribution in [-0.4, -0.2) is 30.5 Å². The predicted octanol–water partition coefficient (Wildman–Crippen LogP) is 6.36. The van der Waals surface area contributed by atoms with Crippen molar-refractivity contribution in [3.8, 4) is 11.5 Å². The van der Waals surface area contributed by atoms with E-state index in [1.165, 1.54) is 50.7 Å². The average Bonchev–Trinajstić information content (AvgIpc) is 2.77. The molecular weight excluding hydrogens is 392 g/mol. The van der Waals surface area contributed by atoms with Gasteiger partial charge in [0.05, 0.1) is 30.7 Å². The molecule has 31 heavy (non-hydrogen) atoms. The van der Waals surface area contributed by atoms with E-state index in [-0.39, 0.29) is 5.56 Å². The van der Waals surface area contributed by atoms with Crippen molar-refractivity contribution < 1.29 is 19.4 Å². The van der Waals surface area contributed by atoms with Crippen LogP contribution in [0.2, 0.25) is 0 Å². The fraction of sp³-hybridized carbons (Fsp3) is 0.440. The summed E-state index contributed by atoms with van der Waals surface area (Å²) in [7, 11) is 0. The van der Waals surface area contributed by atoms with Gasteiger partial charge >= 0.3 is 5.97 Å². The molecule has 0 fully saturated rings. The first kappa shape index (κ1) is 24.3. The smallest absolute Gasteiger partial charge is 0.335 e. The Kier molecular flexibility index (Phi) is 11.0. The highest BCUT2D eigenvalue weighted by Crippen LogP contribution is 2.28. The van der Waals surface area contributed by atoms with E-state index in [4.69, 9.17) is 14.6 Å². The van der Waals surface area contributed by atoms with Crippen molar-refractivity contribution in [3.05, 3.63) is 53.6 Å². The van der Waals surface area contributed by atoms with Gasteiger partial charge in [0.1, 0.15) is 0 Å². The van der Waals surface area contributed by atoms with Crippen LogP contribution in [0.15, 0.2) is 47.6 Å². The number of carboxylic acids is 1. The molecule has 0 aromatic heterocycles. The normalized spacial score (nSPS) is 10.9. The molecular formula is C25H34N2O4. The molecule has 0 amide bonds. The van der Waals surface area contributed by atoms with E-state index in [2.05, 4.69) is 17.5 Å². The Labute approximate surface area is 185 Å². The highest BCUT2D eigenvalue weighted by Gasteiger charge is 2.06. The van der Waals surface area contributed by atoms with Gasteiger partial charge in [-0.2, -0.15) is 5.10 Å². The van der Waals surface area contributed by atoms with Crippen LogP contribution in [-0.2, 0) is 0 Å². The van der Waals surface area contributed by atoms with E-state index in [0.717, 1.165) is 17.7 Å². The first-order valence-electron chi connectivity index (χ1n) is 11.2. The molecule has 0 saturated heterocycles. The highest BCUT2D eigenvalue weighted by atomic mass is 16.5. The molecule has 2 aromatic rings. The second-order valence-corrected chi connectivity index (χ2v) is 7.36. The van der Waals surface area contributed by atoms with Gasteiger partial charge in [-0.1, -0.05) is 45.4 Å². The zero-order valence-corrected chi connectivity index (χ0v) is 18.6. The summed E-state index contributed by atoms with van der Waals surface area (Å²) in [6.07, 6.45) is 10.4. The molecule has 168 valence electrons. The fourth-order valence-corrected chi connectivity index (χ4v) is 3.10. The van der Waals surface area contributed by atoms with Crippen LogP contribution >= 0.6 is 0 Å². The largest absolute Gasteiger partial charge is 0.490 e. The molecule has 0 heterocycles.